The quantitative estimate of drug-likeness (QED) is 0.833. The summed E-state index contributed by atoms with van der Waals surface area (Å²) in [6.07, 6.45) is 1.72. The van der Waals surface area contributed by atoms with E-state index in [1.165, 1.54) is 11.3 Å². The third-order valence-corrected chi connectivity index (χ3v) is 4.08. The van der Waals surface area contributed by atoms with Crippen molar-refractivity contribution in [3.8, 4) is 5.75 Å². The Hall–Kier alpha value is -2.08. The molecule has 0 aliphatic carbocycles. The smallest absolute Gasteiger partial charge is 0.257 e. The fourth-order valence-corrected chi connectivity index (χ4v) is 2.72. The number of anilines is 1. The number of aromatic nitrogens is 1. The summed E-state index contributed by atoms with van der Waals surface area (Å²) in [4.78, 5) is 16.8. The van der Waals surface area contributed by atoms with Crippen LogP contribution in [0.2, 0.25) is 0 Å². The average molecular weight is 305 g/mol. The van der Waals surface area contributed by atoms with Crippen LogP contribution in [0.5, 0.6) is 5.75 Å². The highest BCUT2D eigenvalue weighted by atomic mass is 32.1. The molecular formula is C15H19N3O2S. The van der Waals surface area contributed by atoms with Gasteiger partial charge in [0, 0.05) is 17.3 Å². The van der Waals surface area contributed by atoms with Crippen LogP contribution in [0.3, 0.4) is 0 Å². The first-order chi connectivity index (χ1) is 9.95. The van der Waals surface area contributed by atoms with Crippen molar-refractivity contribution in [2.75, 3.05) is 12.3 Å². The zero-order chi connectivity index (χ0) is 15.5. The topological polar surface area (TPSA) is 77.2 Å². The Kier molecular flexibility index (Phi) is 4.47. The van der Waals surface area contributed by atoms with E-state index in [9.17, 15) is 4.79 Å². The minimum absolute atomic E-state index is 0.267. The molecular weight excluding hydrogens is 286 g/mol. The van der Waals surface area contributed by atoms with Gasteiger partial charge in [0.05, 0.1) is 12.1 Å². The van der Waals surface area contributed by atoms with Crippen molar-refractivity contribution >= 4 is 22.9 Å². The third-order valence-electron chi connectivity index (χ3n) is 2.98. The lowest BCUT2D eigenvalue weighted by molar-refractivity contribution is 0.0909. The van der Waals surface area contributed by atoms with Crippen molar-refractivity contribution in [1.82, 2.24) is 10.3 Å². The molecule has 1 heterocycles. The van der Waals surface area contributed by atoms with Crippen molar-refractivity contribution in [3.63, 3.8) is 0 Å². The lowest BCUT2D eigenvalue weighted by Crippen LogP contribution is -2.41. The van der Waals surface area contributed by atoms with Gasteiger partial charge in [-0.2, -0.15) is 0 Å². The maximum Gasteiger partial charge on any atom is 0.257 e. The standard InChI is InChI=1S/C15H19N3O2S/c1-4-20-11-7-5-6-10(16)12(11)13(19)18-15(2,3)14-17-8-9-21-14/h5-9H,4,16H2,1-3H3,(H,18,19). The third kappa shape index (κ3) is 3.33. The molecule has 21 heavy (non-hydrogen) atoms. The Labute approximate surface area is 128 Å². The van der Waals surface area contributed by atoms with Gasteiger partial charge in [-0.3, -0.25) is 4.79 Å². The van der Waals surface area contributed by atoms with Crippen LogP contribution in [-0.2, 0) is 5.54 Å². The molecule has 0 aliphatic rings. The van der Waals surface area contributed by atoms with Gasteiger partial charge in [0.1, 0.15) is 16.3 Å². The maximum absolute atomic E-state index is 12.6. The molecule has 112 valence electrons. The molecule has 0 spiro atoms. The van der Waals surface area contributed by atoms with Crippen molar-refractivity contribution in [1.29, 1.82) is 0 Å². The lowest BCUT2D eigenvalue weighted by atomic mass is 10.0. The van der Waals surface area contributed by atoms with Gasteiger partial charge < -0.3 is 15.8 Å². The number of rotatable bonds is 5. The number of benzene rings is 1. The Morgan fingerprint density at radius 3 is 2.86 bits per heavy atom. The predicted octanol–water partition coefficient (Wildman–Crippen LogP) is 2.79. The molecule has 1 aromatic heterocycles. The Morgan fingerprint density at radius 1 is 1.48 bits per heavy atom. The molecule has 6 heteroatoms. The number of hydrogen-bond acceptors (Lipinski definition) is 5. The van der Waals surface area contributed by atoms with Gasteiger partial charge in [-0.05, 0) is 32.9 Å². The number of thiazole rings is 1. The number of amides is 1. The minimum atomic E-state index is -0.572. The van der Waals surface area contributed by atoms with Gasteiger partial charge in [-0.25, -0.2) is 4.98 Å². The minimum Gasteiger partial charge on any atom is -0.493 e. The van der Waals surface area contributed by atoms with Crippen LogP contribution in [0.4, 0.5) is 5.69 Å². The fourth-order valence-electron chi connectivity index (χ4n) is 2.00. The summed E-state index contributed by atoms with van der Waals surface area (Å²) < 4.78 is 5.49. The van der Waals surface area contributed by atoms with Gasteiger partial charge in [-0.15, -0.1) is 11.3 Å². The number of nitrogens with two attached hydrogens (primary N) is 1. The summed E-state index contributed by atoms with van der Waals surface area (Å²) in [6, 6.07) is 5.20. The monoisotopic (exact) mass is 305 g/mol. The van der Waals surface area contributed by atoms with E-state index in [1.54, 1.807) is 24.4 Å². The average Bonchev–Trinajstić information content (AvgIpc) is 2.93. The van der Waals surface area contributed by atoms with E-state index in [2.05, 4.69) is 10.3 Å². The largest absolute Gasteiger partial charge is 0.493 e. The van der Waals surface area contributed by atoms with Gasteiger partial charge in [0.25, 0.3) is 5.91 Å². The Balaban J connectivity index is 2.29. The second kappa shape index (κ2) is 6.13. The van der Waals surface area contributed by atoms with E-state index in [0.29, 0.717) is 23.6 Å². The molecule has 1 aromatic carbocycles. The second-order valence-corrected chi connectivity index (χ2v) is 5.96. The van der Waals surface area contributed by atoms with Crippen molar-refractivity contribution in [2.45, 2.75) is 26.3 Å². The SMILES string of the molecule is CCOc1cccc(N)c1C(=O)NC(C)(C)c1nccs1. The first-order valence-corrected chi connectivity index (χ1v) is 7.57. The molecule has 0 radical (unpaired) electrons. The summed E-state index contributed by atoms with van der Waals surface area (Å²) >= 11 is 1.50. The zero-order valence-corrected chi connectivity index (χ0v) is 13.2. The van der Waals surface area contributed by atoms with Crippen molar-refractivity contribution < 1.29 is 9.53 Å². The van der Waals surface area contributed by atoms with Crippen LogP contribution in [0.1, 0.15) is 36.1 Å². The van der Waals surface area contributed by atoms with Crippen molar-refractivity contribution in [3.05, 3.63) is 40.3 Å². The highest BCUT2D eigenvalue weighted by Crippen LogP contribution is 2.27. The number of hydrogen-bond donors (Lipinski definition) is 2. The summed E-state index contributed by atoms with van der Waals surface area (Å²) in [5, 5.41) is 5.68. The van der Waals surface area contributed by atoms with Crippen LogP contribution in [-0.4, -0.2) is 17.5 Å². The Bertz CT molecular complexity index is 624. The maximum atomic E-state index is 12.6. The molecule has 3 N–H and O–H groups in total. The van der Waals surface area contributed by atoms with Gasteiger partial charge >= 0.3 is 0 Å². The highest BCUT2D eigenvalue weighted by Gasteiger charge is 2.28. The molecule has 2 rings (SSSR count). The first-order valence-electron chi connectivity index (χ1n) is 6.69. The van der Waals surface area contributed by atoms with E-state index in [4.69, 9.17) is 10.5 Å². The highest BCUT2D eigenvalue weighted by molar-refractivity contribution is 7.09. The van der Waals surface area contributed by atoms with E-state index in [-0.39, 0.29) is 5.91 Å². The zero-order valence-electron chi connectivity index (χ0n) is 12.3. The second-order valence-electron chi connectivity index (χ2n) is 5.07. The lowest BCUT2D eigenvalue weighted by Gasteiger charge is -2.24. The van der Waals surface area contributed by atoms with E-state index < -0.39 is 5.54 Å². The van der Waals surface area contributed by atoms with Gasteiger partial charge in [-0.1, -0.05) is 6.07 Å². The number of carbonyl (C=O) groups is 1. The van der Waals surface area contributed by atoms with Crippen LogP contribution < -0.4 is 15.8 Å². The molecule has 0 bridgehead atoms. The van der Waals surface area contributed by atoms with E-state index in [1.807, 2.05) is 26.2 Å². The molecule has 0 saturated carbocycles. The molecule has 2 aromatic rings. The summed E-state index contributed by atoms with van der Waals surface area (Å²) in [7, 11) is 0. The van der Waals surface area contributed by atoms with Crippen molar-refractivity contribution in [2.24, 2.45) is 0 Å². The number of nitrogens with one attached hydrogen (secondary N) is 1. The summed E-state index contributed by atoms with van der Waals surface area (Å²) in [5.41, 5.74) is 6.13. The number of nitrogen functional groups attached to an aromatic ring is 1. The molecule has 0 fully saturated rings. The number of carbonyl (C=O) groups excluding carboxylic acids is 1. The van der Waals surface area contributed by atoms with E-state index >= 15 is 0 Å². The number of nitrogens with zero attached hydrogens (tertiary/aromatic N) is 1. The molecule has 5 nitrogen and oxygen atoms in total. The van der Waals surface area contributed by atoms with Gasteiger partial charge in [0.2, 0.25) is 0 Å². The van der Waals surface area contributed by atoms with E-state index in [0.717, 1.165) is 5.01 Å². The predicted molar refractivity (Wildman–Crippen MR) is 84.6 cm³/mol. The summed E-state index contributed by atoms with van der Waals surface area (Å²) in [5.74, 6) is 0.224. The van der Waals surface area contributed by atoms with Crippen LogP contribution in [0.15, 0.2) is 29.8 Å². The summed E-state index contributed by atoms with van der Waals surface area (Å²) in [6.45, 7) is 6.15. The van der Waals surface area contributed by atoms with Crippen LogP contribution >= 0.6 is 11.3 Å². The first kappa shape index (κ1) is 15.3. The molecule has 0 unspecified atom stereocenters. The van der Waals surface area contributed by atoms with Crippen LogP contribution in [0, 0.1) is 0 Å². The normalized spacial score (nSPS) is 11.2. The number of ether oxygens (including phenoxy) is 1. The molecule has 1 amide bonds. The van der Waals surface area contributed by atoms with Gasteiger partial charge in [0.15, 0.2) is 0 Å². The molecule has 0 aliphatic heterocycles. The Morgan fingerprint density at radius 2 is 2.24 bits per heavy atom. The molecule has 0 atom stereocenters. The molecule has 0 saturated heterocycles. The fraction of sp³-hybridized carbons (Fsp3) is 0.333. The van der Waals surface area contributed by atoms with Crippen LogP contribution in [0.25, 0.3) is 0 Å².